The highest BCUT2D eigenvalue weighted by Gasteiger charge is 2.27. The minimum atomic E-state index is -0.571. The van der Waals surface area contributed by atoms with Crippen molar-refractivity contribution in [3.05, 3.63) is 66.2 Å². The van der Waals surface area contributed by atoms with Crippen LogP contribution in [0.5, 0.6) is 0 Å². The van der Waals surface area contributed by atoms with E-state index in [1.54, 1.807) is 7.05 Å². The lowest BCUT2D eigenvalue weighted by Gasteiger charge is -2.25. The van der Waals surface area contributed by atoms with Crippen LogP contribution in [0.4, 0.5) is 0 Å². The van der Waals surface area contributed by atoms with Crippen molar-refractivity contribution in [3.8, 4) is 0 Å². The van der Waals surface area contributed by atoms with E-state index in [0.717, 1.165) is 10.5 Å². The topological polar surface area (TPSA) is 46.6 Å². The van der Waals surface area contributed by atoms with Crippen LogP contribution in [0.3, 0.4) is 0 Å². The lowest BCUT2D eigenvalue weighted by Crippen LogP contribution is -2.38. The van der Waals surface area contributed by atoms with Crippen molar-refractivity contribution in [3.63, 3.8) is 0 Å². The summed E-state index contributed by atoms with van der Waals surface area (Å²) in [5, 5.41) is -0.425. The van der Waals surface area contributed by atoms with Crippen LogP contribution in [0, 0.1) is 0 Å². The average molecular weight is 372 g/mol. The zero-order chi connectivity index (χ0) is 19.2. The zero-order valence-corrected chi connectivity index (χ0v) is 16.5. The first-order valence-electron chi connectivity index (χ1n) is 8.50. The summed E-state index contributed by atoms with van der Waals surface area (Å²) < 4.78 is 5.32. The number of hydrogen-bond donors (Lipinski definition) is 0. The predicted molar refractivity (Wildman–Crippen MR) is 105 cm³/mol. The predicted octanol–water partition coefficient (Wildman–Crippen LogP) is 4.32. The van der Waals surface area contributed by atoms with Gasteiger partial charge in [0.25, 0.3) is 0 Å². The Hall–Kier alpha value is -2.27. The highest BCUT2D eigenvalue weighted by molar-refractivity contribution is 8.00. The number of carbonyl (C=O) groups is 2. The molecule has 0 heterocycles. The minimum absolute atomic E-state index is 0.0746. The maximum absolute atomic E-state index is 13.0. The summed E-state index contributed by atoms with van der Waals surface area (Å²) in [5.41, 5.74) is 0.334. The fraction of sp³-hybridized carbons (Fsp3) is 0.333. The summed E-state index contributed by atoms with van der Waals surface area (Å²) in [7, 11) is 1.63. The molecule has 0 bridgehead atoms. The maximum atomic E-state index is 13.0. The monoisotopic (exact) mass is 371 g/mol. The number of hydrogen-bond acceptors (Lipinski definition) is 4. The number of esters is 1. The van der Waals surface area contributed by atoms with Crippen molar-refractivity contribution >= 4 is 23.6 Å². The Morgan fingerprint density at radius 1 is 1.00 bits per heavy atom. The Balaban J connectivity index is 2.16. The second kappa shape index (κ2) is 8.90. The van der Waals surface area contributed by atoms with Crippen molar-refractivity contribution in [2.24, 2.45) is 0 Å². The Labute approximate surface area is 159 Å². The van der Waals surface area contributed by atoms with E-state index in [-0.39, 0.29) is 12.5 Å². The van der Waals surface area contributed by atoms with Gasteiger partial charge in [0, 0.05) is 11.9 Å². The minimum Gasteiger partial charge on any atom is -0.459 e. The molecule has 2 aromatic rings. The van der Waals surface area contributed by atoms with Gasteiger partial charge in [-0.3, -0.25) is 9.59 Å². The molecule has 0 fully saturated rings. The third-order valence-electron chi connectivity index (χ3n) is 3.49. The summed E-state index contributed by atoms with van der Waals surface area (Å²) >= 11 is 1.48. The Morgan fingerprint density at radius 2 is 1.54 bits per heavy atom. The van der Waals surface area contributed by atoms with Crippen LogP contribution in [-0.2, 0) is 14.3 Å². The molecule has 1 unspecified atom stereocenters. The second-order valence-corrected chi connectivity index (χ2v) is 8.18. The number of ether oxygens (including phenoxy) is 1. The van der Waals surface area contributed by atoms with E-state index >= 15 is 0 Å². The number of benzene rings is 2. The van der Waals surface area contributed by atoms with Crippen LogP contribution >= 0.6 is 11.8 Å². The van der Waals surface area contributed by atoms with Crippen LogP contribution in [0.25, 0.3) is 0 Å². The van der Waals surface area contributed by atoms with Gasteiger partial charge in [0.1, 0.15) is 17.4 Å². The highest BCUT2D eigenvalue weighted by Crippen LogP contribution is 2.36. The van der Waals surface area contributed by atoms with Crippen LogP contribution in [-0.4, -0.2) is 36.0 Å². The van der Waals surface area contributed by atoms with Gasteiger partial charge in [0.2, 0.25) is 5.91 Å². The van der Waals surface area contributed by atoms with E-state index in [4.69, 9.17) is 4.74 Å². The molecule has 0 spiro atoms. The fourth-order valence-corrected chi connectivity index (χ4v) is 3.53. The smallest absolute Gasteiger partial charge is 0.326 e. The van der Waals surface area contributed by atoms with Gasteiger partial charge >= 0.3 is 5.97 Å². The number of amides is 1. The molecule has 138 valence electrons. The lowest BCUT2D eigenvalue weighted by molar-refractivity contribution is -0.158. The molecule has 0 saturated carbocycles. The Kier molecular flexibility index (Phi) is 6.86. The van der Waals surface area contributed by atoms with Crippen molar-refractivity contribution < 1.29 is 14.3 Å². The quantitative estimate of drug-likeness (QED) is 0.560. The second-order valence-electron chi connectivity index (χ2n) is 7.00. The number of likely N-dealkylation sites (N-methyl/N-ethyl adjacent to an activating group) is 1. The molecule has 1 atom stereocenters. The summed E-state index contributed by atoms with van der Waals surface area (Å²) in [6.07, 6.45) is 0. The van der Waals surface area contributed by atoms with E-state index in [1.807, 2.05) is 81.4 Å². The highest BCUT2D eigenvalue weighted by atomic mass is 32.2. The van der Waals surface area contributed by atoms with Crippen LogP contribution in [0.2, 0.25) is 0 Å². The van der Waals surface area contributed by atoms with E-state index in [0.29, 0.717) is 0 Å². The van der Waals surface area contributed by atoms with Crippen LogP contribution in [0.15, 0.2) is 65.6 Å². The normalized spacial score (nSPS) is 12.3. The van der Waals surface area contributed by atoms with Crippen molar-refractivity contribution in [1.82, 2.24) is 4.90 Å². The number of nitrogens with zero attached hydrogens (tertiary/aromatic N) is 1. The van der Waals surface area contributed by atoms with Crippen molar-refractivity contribution in [2.75, 3.05) is 13.6 Å². The molecule has 0 aromatic heterocycles. The van der Waals surface area contributed by atoms with Gasteiger partial charge < -0.3 is 9.64 Å². The largest absolute Gasteiger partial charge is 0.459 e. The number of carbonyl (C=O) groups excluding carboxylic acids is 2. The number of rotatable bonds is 6. The standard InChI is InChI=1S/C21H25NO3S/c1-21(2,3)25-18(23)15-22(4)20(24)19(16-11-7-5-8-12-16)26-17-13-9-6-10-14-17/h5-14,19H,15H2,1-4H3. The molecule has 0 aliphatic heterocycles. The molecular formula is C21H25NO3S. The maximum Gasteiger partial charge on any atom is 0.326 e. The molecular weight excluding hydrogens is 346 g/mol. The van der Waals surface area contributed by atoms with Crippen LogP contribution < -0.4 is 0 Å². The third-order valence-corrected chi connectivity index (χ3v) is 4.74. The van der Waals surface area contributed by atoms with Gasteiger partial charge in [-0.25, -0.2) is 0 Å². The molecule has 0 N–H and O–H groups in total. The Bertz CT molecular complexity index is 726. The van der Waals surface area contributed by atoms with Crippen LogP contribution in [0.1, 0.15) is 31.6 Å². The zero-order valence-electron chi connectivity index (χ0n) is 15.6. The lowest BCUT2D eigenvalue weighted by atomic mass is 10.1. The molecule has 26 heavy (non-hydrogen) atoms. The van der Waals surface area contributed by atoms with Gasteiger partial charge in [-0.1, -0.05) is 48.5 Å². The number of thioether (sulfide) groups is 1. The van der Waals surface area contributed by atoms with Gasteiger partial charge in [-0.2, -0.15) is 0 Å². The molecule has 2 rings (SSSR count). The SMILES string of the molecule is CN(CC(=O)OC(C)(C)C)C(=O)C(Sc1ccccc1)c1ccccc1. The molecule has 0 saturated heterocycles. The molecule has 4 nitrogen and oxygen atoms in total. The summed E-state index contributed by atoms with van der Waals surface area (Å²) in [4.78, 5) is 27.5. The molecule has 0 aliphatic rings. The van der Waals surface area contributed by atoms with E-state index in [2.05, 4.69) is 0 Å². The van der Waals surface area contributed by atoms with E-state index in [1.165, 1.54) is 16.7 Å². The molecule has 5 heteroatoms. The Morgan fingerprint density at radius 3 is 2.08 bits per heavy atom. The van der Waals surface area contributed by atoms with Gasteiger partial charge in [0.05, 0.1) is 0 Å². The molecule has 2 aromatic carbocycles. The first-order chi connectivity index (χ1) is 12.3. The van der Waals surface area contributed by atoms with Gasteiger partial charge in [-0.15, -0.1) is 11.8 Å². The first-order valence-corrected chi connectivity index (χ1v) is 9.38. The summed E-state index contributed by atoms with van der Waals surface area (Å²) in [5.74, 6) is -0.541. The molecule has 0 aliphatic carbocycles. The average Bonchev–Trinajstić information content (AvgIpc) is 2.59. The van der Waals surface area contributed by atoms with E-state index in [9.17, 15) is 9.59 Å². The molecule has 0 radical (unpaired) electrons. The molecule has 1 amide bonds. The summed E-state index contributed by atoms with van der Waals surface area (Å²) in [6, 6.07) is 19.4. The first kappa shape index (κ1) is 20.0. The van der Waals surface area contributed by atoms with Gasteiger partial charge in [0.15, 0.2) is 0 Å². The summed E-state index contributed by atoms with van der Waals surface area (Å²) in [6.45, 7) is 5.36. The van der Waals surface area contributed by atoms with Crippen molar-refractivity contribution in [2.45, 2.75) is 36.5 Å². The fourth-order valence-electron chi connectivity index (χ4n) is 2.37. The third kappa shape index (κ3) is 6.23. The van der Waals surface area contributed by atoms with E-state index < -0.39 is 16.8 Å². The van der Waals surface area contributed by atoms with Gasteiger partial charge in [-0.05, 0) is 38.5 Å². The van der Waals surface area contributed by atoms with Crippen molar-refractivity contribution in [1.29, 1.82) is 0 Å².